The average molecular weight is 212 g/mol. The molecule has 0 saturated heterocycles. The Morgan fingerprint density at radius 2 is 1.77 bits per heavy atom. The second kappa shape index (κ2) is 3.09. The molecule has 1 nitrogen and oxygen atoms in total. The summed E-state index contributed by atoms with van der Waals surface area (Å²) in [6.07, 6.45) is 0. The zero-order chi connectivity index (χ0) is 9.42. The van der Waals surface area contributed by atoms with E-state index in [-0.39, 0.29) is 5.75 Å². The van der Waals surface area contributed by atoms with Crippen molar-refractivity contribution < 1.29 is 5.11 Å². The highest BCUT2D eigenvalue weighted by Gasteiger charge is 2.06. The number of hydrogen-bond acceptors (Lipinski definition) is 1. The van der Waals surface area contributed by atoms with E-state index in [0.717, 1.165) is 5.39 Å². The van der Waals surface area contributed by atoms with Crippen LogP contribution in [0.25, 0.3) is 10.8 Å². The van der Waals surface area contributed by atoms with Crippen LogP contribution in [0.4, 0.5) is 0 Å². The van der Waals surface area contributed by atoms with Crippen molar-refractivity contribution in [1.82, 2.24) is 0 Å². The lowest BCUT2D eigenvalue weighted by atomic mass is 10.1. The van der Waals surface area contributed by atoms with Crippen molar-refractivity contribution in [2.75, 3.05) is 0 Å². The molecule has 0 fully saturated rings. The number of benzene rings is 2. The SMILES string of the molecule is Oc1[c]ccc2c(Cl)ccc(Cl)c12. The minimum absolute atomic E-state index is 0.0324. The predicted octanol–water partition coefficient (Wildman–Crippen LogP) is 3.65. The van der Waals surface area contributed by atoms with Crippen molar-refractivity contribution in [3.63, 3.8) is 0 Å². The van der Waals surface area contributed by atoms with Crippen molar-refractivity contribution >= 4 is 34.0 Å². The summed E-state index contributed by atoms with van der Waals surface area (Å²) < 4.78 is 0. The van der Waals surface area contributed by atoms with E-state index in [2.05, 4.69) is 6.07 Å². The predicted molar refractivity (Wildman–Crippen MR) is 54.5 cm³/mol. The Balaban J connectivity index is 3.00. The molecule has 13 heavy (non-hydrogen) atoms. The summed E-state index contributed by atoms with van der Waals surface area (Å²) in [5.74, 6) is 0.0324. The van der Waals surface area contributed by atoms with Crippen LogP contribution in [-0.2, 0) is 0 Å². The quantitative estimate of drug-likeness (QED) is 0.706. The summed E-state index contributed by atoms with van der Waals surface area (Å²) in [4.78, 5) is 0. The molecule has 0 aromatic heterocycles. The lowest BCUT2D eigenvalue weighted by Crippen LogP contribution is -1.77. The van der Waals surface area contributed by atoms with E-state index < -0.39 is 0 Å². The Hall–Kier alpha value is -0.920. The second-order valence-corrected chi connectivity index (χ2v) is 3.46. The van der Waals surface area contributed by atoms with Gasteiger partial charge < -0.3 is 5.11 Å². The molecule has 3 heteroatoms. The highest BCUT2D eigenvalue weighted by molar-refractivity contribution is 6.40. The van der Waals surface area contributed by atoms with Gasteiger partial charge in [-0.15, -0.1) is 0 Å². The molecule has 2 aromatic carbocycles. The minimum Gasteiger partial charge on any atom is -0.507 e. The van der Waals surface area contributed by atoms with Crippen LogP contribution in [-0.4, -0.2) is 5.11 Å². The normalized spacial score (nSPS) is 10.6. The molecule has 2 aromatic rings. The van der Waals surface area contributed by atoms with Gasteiger partial charge in [-0.05, 0) is 18.2 Å². The third-order valence-electron chi connectivity index (χ3n) is 1.85. The highest BCUT2D eigenvalue weighted by atomic mass is 35.5. The minimum atomic E-state index is 0.0324. The van der Waals surface area contributed by atoms with Gasteiger partial charge in [-0.25, -0.2) is 0 Å². The van der Waals surface area contributed by atoms with Crippen molar-refractivity contribution in [2.45, 2.75) is 0 Å². The smallest absolute Gasteiger partial charge is 0.132 e. The average Bonchev–Trinajstić information content (AvgIpc) is 2.12. The summed E-state index contributed by atoms with van der Waals surface area (Å²) in [6.45, 7) is 0. The summed E-state index contributed by atoms with van der Waals surface area (Å²) >= 11 is 11.8. The van der Waals surface area contributed by atoms with Gasteiger partial charge in [0.25, 0.3) is 0 Å². The van der Waals surface area contributed by atoms with Crippen LogP contribution < -0.4 is 0 Å². The first-order valence-corrected chi connectivity index (χ1v) is 4.43. The molecule has 2 rings (SSSR count). The monoisotopic (exact) mass is 211 g/mol. The Kier molecular flexibility index (Phi) is 2.06. The second-order valence-electron chi connectivity index (χ2n) is 2.64. The van der Waals surface area contributed by atoms with Crippen LogP contribution in [0, 0.1) is 6.07 Å². The molecule has 0 aliphatic carbocycles. The van der Waals surface area contributed by atoms with Crippen LogP contribution in [0.1, 0.15) is 0 Å². The van der Waals surface area contributed by atoms with Gasteiger partial charge in [0.15, 0.2) is 0 Å². The van der Waals surface area contributed by atoms with Crippen molar-refractivity contribution in [3.05, 3.63) is 40.4 Å². The zero-order valence-corrected chi connectivity index (χ0v) is 8.02. The van der Waals surface area contributed by atoms with Gasteiger partial charge in [-0.1, -0.05) is 29.3 Å². The number of rotatable bonds is 0. The molecule has 1 N–H and O–H groups in total. The summed E-state index contributed by atoms with van der Waals surface area (Å²) in [7, 11) is 0. The van der Waals surface area contributed by atoms with Crippen molar-refractivity contribution in [3.8, 4) is 5.75 Å². The fourth-order valence-electron chi connectivity index (χ4n) is 1.25. The van der Waals surface area contributed by atoms with Crippen molar-refractivity contribution in [2.24, 2.45) is 0 Å². The first kappa shape index (κ1) is 8.67. The van der Waals surface area contributed by atoms with E-state index in [9.17, 15) is 5.11 Å². The van der Waals surface area contributed by atoms with Gasteiger partial charge in [-0.3, -0.25) is 0 Å². The van der Waals surface area contributed by atoms with Gasteiger partial charge in [0.2, 0.25) is 0 Å². The molecular weight excluding hydrogens is 207 g/mol. The molecule has 0 atom stereocenters. The highest BCUT2D eigenvalue weighted by Crippen LogP contribution is 2.34. The summed E-state index contributed by atoms with van der Waals surface area (Å²) in [5, 5.41) is 11.8. The van der Waals surface area contributed by atoms with Gasteiger partial charge in [0.05, 0.1) is 5.02 Å². The molecule has 0 amide bonds. The largest absolute Gasteiger partial charge is 0.507 e. The molecule has 1 radical (unpaired) electrons. The van der Waals surface area contributed by atoms with Crippen LogP contribution in [0.15, 0.2) is 24.3 Å². The van der Waals surface area contributed by atoms with E-state index in [1.807, 2.05) is 0 Å². The van der Waals surface area contributed by atoms with Crippen LogP contribution in [0.3, 0.4) is 0 Å². The number of aromatic hydroxyl groups is 1. The van der Waals surface area contributed by atoms with Gasteiger partial charge in [0, 0.05) is 21.9 Å². The van der Waals surface area contributed by atoms with E-state index in [1.165, 1.54) is 0 Å². The Bertz CT molecular complexity index is 457. The Morgan fingerprint density at radius 1 is 1.08 bits per heavy atom. The summed E-state index contributed by atoms with van der Waals surface area (Å²) in [5.41, 5.74) is 0. The Morgan fingerprint density at radius 3 is 2.46 bits per heavy atom. The van der Waals surface area contributed by atoms with Gasteiger partial charge >= 0.3 is 0 Å². The third-order valence-corrected chi connectivity index (χ3v) is 2.49. The number of hydrogen-bond donors (Lipinski definition) is 1. The fraction of sp³-hybridized carbons (Fsp3) is 0. The summed E-state index contributed by atoms with van der Waals surface area (Å²) in [6, 6.07) is 9.39. The Labute approximate surface area is 85.5 Å². The maximum atomic E-state index is 9.48. The molecule has 65 valence electrons. The molecule has 0 spiro atoms. The maximum absolute atomic E-state index is 9.48. The van der Waals surface area contributed by atoms with E-state index in [0.29, 0.717) is 15.4 Å². The molecule has 0 aliphatic rings. The lowest BCUT2D eigenvalue weighted by Gasteiger charge is -2.03. The molecule has 0 heterocycles. The number of phenols is 1. The van der Waals surface area contributed by atoms with Gasteiger partial charge in [0.1, 0.15) is 5.75 Å². The molecule has 0 saturated carbocycles. The third kappa shape index (κ3) is 1.34. The first-order valence-electron chi connectivity index (χ1n) is 3.67. The topological polar surface area (TPSA) is 20.2 Å². The zero-order valence-electron chi connectivity index (χ0n) is 6.51. The number of phenolic OH excluding ortho intramolecular Hbond substituents is 1. The standard InChI is InChI=1S/C10H5Cl2O/c11-7-4-5-8(12)10-6(7)2-1-3-9(10)13/h1-2,4-5,13H. The van der Waals surface area contributed by atoms with Crippen LogP contribution >= 0.6 is 23.2 Å². The van der Waals surface area contributed by atoms with Crippen LogP contribution in [0.2, 0.25) is 10.0 Å². The molecule has 0 unspecified atom stereocenters. The van der Waals surface area contributed by atoms with Crippen molar-refractivity contribution in [1.29, 1.82) is 0 Å². The number of fused-ring (bicyclic) bond motifs is 1. The van der Waals surface area contributed by atoms with E-state index >= 15 is 0 Å². The first-order chi connectivity index (χ1) is 6.20. The maximum Gasteiger partial charge on any atom is 0.132 e. The van der Waals surface area contributed by atoms with E-state index in [4.69, 9.17) is 23.2 Å². The number of halogens is 2. The molecular formula is C10H5Cl2O. The molecule has 0 aliphatic heterocycles. The fourth-order valence-corrected chi connectivity index (χ4v) is 1.72. The van der Waals surface area contributed by atoms with Gasteiger partial charge in [-0.2, -0.15) is 0 Å². The lowest BCUT2D eigenvalue weighted by molar-refractivity contribution is 0.480. The van der Waals surface area contributed by atoms with E-state index in [1.54, 1.807) is 24.3 Å². The molecule has 0 bridgehead atoms. The van der Waals surface area contributed by atoms with Crippen LogP contribution in [0.5, 0.6) is 5.75 Å².